The molecule has 4 nitrogen and oxygen atoms in total. The van der Waals surface area contributed by atoms with Crippen LogP contribution in [0.2, 0.25) is 0 Å². The van der Waals surface area contributed by atoms with E-state index in [1.54, 1.807) is 0 Å². The summed E-state index contributed by atoms with van der Waals surface area (Å²) < 4.78 is 28.8. The monoisotopic (exact) mass is 287 g/mol. The highest BCUT2D eigenvalue weighted by atomic mass is 19.3. The molecule has 0 amide bonds. The minimum Gasteiger partial charge on any atom is -0.375 e. The van der Waals surface area contributed by atoms with E-state index in [1.165, 1.54) is 0 Å². The maximum absolute atomic E-state index is 12.0. The van der Waals surface area contributed by atoms with Crippen molar-refractivity contribution in [3.8, 4) is 0 Å². The van der Waals surface area contributed by atoms with Crippen molar-refractivity contribution in [2.75, 3.05) is 25.1 Å². The fraction of sp³-hybridized carbons (Fsp3) is 0.714. The van der Waals surface area contributed by atoms with Gasteiger partial charge in [0.05, 0.1) is 6.61 Å². The second-order valence-electron chi connectivity index (χ2n) is 4.89. The van der Waals surface area contributed by atoms with Crippen molar-refractivity contribution in [2.24, 2.45) is 0 Å². The van der Waals surface area contributed by atoms with Crippen LogP contribution >= 0.6 is 0 Å². The maximum Gasteiger partial charge on any atom is 0.261 e. The zero-order chi connectivity index (χ0) is 15.1. The lowest BCUT2D eigenvalue weighted by Gasteiger charge is -2.16. The van der Waals surface area contributed by atoms with Gasteiger partial charge in [0.2, 0.25) is 0 Å². The molecule has 0 spiro atoms. The van der Waals surface area contributed by atoms with Crippen molar-refractivity contribution >= 4 is 5.82 Å². The van der Waals surface area contributed by atoms with Gasteiger partial charge >= 0.3 is 0 Å². The highest BCUT2D eigenvalue weighted by Gasteiger charge is 2.14. The molecule has 0 bridgehead atoms. The number of hydrogen-bond acceptors (Lipinski definition) is 4. The third-order valence-corrected chi connectivity index (χ3v) is 2.82. The Morgan fingerprint density at radius 2 is 1.95 bits per heavy atom. The van der Waals surface area contributed by atoms with E-state index in [0.29, 0.717) is 18.2 Å². The van der Waals surface area contributed by atoms with Gasteiger partial charge in [-0.05, 0) is 19.8 Å². The first kappa shape index (κ1) is 16.8. The standard InChI is InChI=1S/C14H23F2N3O/c1-5-17-14-13(9(2)3)10(4)18-12(19-14)6-7-20-8-11(15)16/h9,11H,5-8H2,1-4H3,(H,17,18,19). The summed E-state index contributed by atoms with van der Waals surface area (Å²) in [6, 6.07) is 0. The van der Waals surface area contributed by atoms with Crippen molar-refractivity contribution in [1.82, 2.24) is 9.97 Å². The van der Waals surface area contributed by atoms with E-state index in [0.717, 1.165) is 23.6 Å². The summed E-state index contributed by atoms with van der Waals surface area (Å²) in [7, 11) is 0. The molecule has 0 fully saturated rings. The molecular weight excluding hydrogens is 264 g/mol. The van der Waals surface area contributed by atoms with Gasteiger partial charge in [-0.15, -0.1) is 0 Å². The van der Waals surface area contributed by atoms with Gasteiger partial charge in [-0.3, -0.25) is 0 Å². The zero-order valence-corrected chi connectivity index (χ0v) is 12.5. The molecule has 0 atom stereocenters. The molecule has 1 N–H and O–H groups in total. The summed E-state index contributed by atoms with van der Waals surface area (Å²) in [5, 5.41) is 3.24. The average Bonchev–Trinajstić information content (AvgIpc) is 2.34. The number of rotatable bonds is 8. The molecule has 1 aromatic heterocycles. The zero-order valence-electron chi connectivity index (χ0n) is 12.5. The SMILES string of the molecule is CCNc1nc(CCOCC(F)F)nc(C)c1C(C)C. The molecular formula is C14H23F2N3O. The Labute approximate surface area is 119 Å². The number of ether oxygens (including phenoxy) is 1. The lowest BCUT2D eigenvalue weighted by Crippen LogP contribution is -2.13. The van der Waals surface area contributed by atoms with Crippen LogP contribution in [0.1, 0.15) is 43.8 Å². The molecule has 114 valence electrons. The van der Waals surface area contributed by atoms with Crippen LogP contribution in [-0.4, -0.2) is 36.2 Å². The molecule has 6 heteroatoms. The first-order chi connectivity index (χ1) is 9.45. The number of alkyl halides is 2. The van der Waals surface area contributed by atoms with E-state index in [1.807, 2.05) is 13.8 Å². The Morgan fingerprint density at radius 1 is 1.25 bits per heavy atom. The molecule has 0 aromatic carbocycles. The molecule has 0 radical (unpaired) electrons. The topological polar surface area (TPSA) is 47.0 Å². The molecule has 0 saturated carbocycles. The highest BCUT2D eigenvalue weighted by Crippen LogP contribution is 2.25. The van der Waals surface area contributed by atoms with E-state index in [2.05, 4.69) is 29.1 Å². The molecule has 0 unspecified atom stereocenters. The van der Waals surface area contributed by atoms with Crippen molar-refractivity contribution in [1.29, 1.82) is 0 Å². The van der Waals surface area contributed by atoms with Gasteiger partial charge in [-0.25, -0.2) is 18.7 Å². The summed E-state index contributed by atoms with van der Waals surface area (Å²) in [5.41, 5.74) is 2.03. The number of aryl methyl sites for hydroxylation is 1. The van der Waals surface area contributed by atoms with Crippen molar-refractivity contribution in [3.63, 3.8) is 0 Å². The number of hydrogen-bond donors (Lipinski definition) is 1. The normalized spacial score (nSPS) is 11.4. The Kier molecular flexibility index (Phi) is 6.78. The van der Waals surface area contributed by atoms with Gasteiger partial charge in [0, 0.05) is 24.2 Å². The second-order valence-corrected chi connectivity index (χ2v) is 4.89. The quantitative estimate of drug-likeness (QED) is 0.746. The van der Waals surface area contributed by atoms with E-state index >= 15 is 0 Å². The summed E-state index contributed by atoms with van der Waals surface area (Å²) in [5.74, 6) is 1.78. The summed E-state index contributed by atoms with van der Waals surface area (Å²) in [6.07, 6.45) is -2.00. The first-order valence-corrected chi connectivity index (χ1v) is 6.92. The van der Waals surface area contributed by atoms with Crippen LogP contribution in [0.3, 0.4) is 0 Å². The third-order valence-electron chi connectivity index (χ3n) is 2.82. The Bertz CT molecular complexity index is 425. The average molecular weight is 287 g/mol. The van der Waals surface area contributed by atoms with Crippen molar-refractivity contribution < 1.29 is 13.5 Å². The summed E-state index contributed by atoms with van der Waals surface area (Å²) in [6.45, 7) is 8.58. The highest BCUT2D eigenvalue weighted by molar-refractivity contribution is 5.48. The van der Waals surface area contributed by atoms with Crippen LogP contribution in [0.4, 0.5) is 14.6 Å². The van der Waals surface area contributed by atoms with Crippen molar-refractivity contribution in [2.45, 2.75) is 46.5 Å². The smallest absolute Gasteiger partial charge is 0.261 e. The predicted octanol–water partition coefficient (Wildman–Crippen LogP) is 3.16. The predicted molar refractivity (Wildman–Crippen MR) is 75.5 cm³/mol. The van der Waals surface area contributed by atoms with Crippen LogP contribution in [0.15, 0.2) is 0 Å². The third kappa shape index (κ3) is 5.00. The Balaban J connectivity index is 2.78. The van der Waals surface area contributed by atoms with Gasteiger partial charge in [0.25, 0.3) is 6.43 Å². The molecule has 1 aromatic rings. The Morgan fingerprint density at radius 3 is 2.50 bits per heavy atom. The lowest BCUT2D eigenvalue weighted by molar-refractivity contribution is 0.0183. The fourth-order valence-electron chi connectivity index (χ4n) is 2.08. The maximum atomic E-state index is 12.0. The van der Waals surface area contributed by atoms with Gasteiger partial charge in [-0.2, -0.15) is 0 Å². The van der Waals surface area contributed by atoms with E-state index in [-0.39, 0.29) is 6.61 Å². The van der Waals surface area contributed by atoms with Crippen LogP contribution in [0, 0.1) is 6.92 Å². The number of nitrogens with one attached hydrogen (secondary N) is 1. The number of anilines is 1. The molecule has 0 aliphatic rings. The van der Waals surface area contributed by atoms with Gasteiger partial charge in [0.1, 0.15) is 18.2 Å². The van der Waals surface area contributed by atoms with Crippen LogP contribution in [0.5, 0.6) is 0 Å². The molecule has 0 saturated heterocycles. The lowest BCUT2D eigenvalue weighted by atomic mass is 10.0. The number of halogens is 2. The minimum absolute atomic E-state index is 0.205. The minimum atomic E-state index is -2.43. The van der Waals surface area contributed by atoms with E-state index < -0.39 is 13.0 Å². The number of aromatic nitrogens is 2. The molecule has 0 aliphatic heterocycles. The molecule has 0 aliphatic carbocycles. The van der Waals surface area contributed by atoms with Crippen molar-refractivity contribution in [3.05, 3.63) is 17.1 Å². The largest absolute Gasteiger partial charge is 0.375 e. The van der Waals surface area contributed by atoms with E-state index in [9.17, 15) is 8.78 Å². The molecule has 20 heavy (non-hydrogen) atoms. The summed E-state index contributed by atoms with van der Waals surface area (Å²) >= 11 is 0. The molecule has 1 rings (SSSR count). The first-order valence-electron chi connectivity index (χ1n) is 6.92. The molecule has 1 heterocycles. The second kappa shape index (κ2) is 8.09. The van der Waals surface area contributed by atoms with Crippen LogP contribution in [0.25, 0.3) is 0 Å². The summed E-state index contributed by atoms with van der Waals surface area (Å²) in [4.78, 5) is 8.91. The van der Waals surface area contributed by atoms with Crippen LogP contribution in [-0.2, 0) is 11.2 Å². The van der Waals surface area contributed by atoms with Gasteiger partial charge in [0.15, 0.2) is 0 Å². The van der Waals surface area contributed by atoms with Gasteiger partial charge < -0.3 is 10.1 Å². The van der Waals surface area contributed by atoms with Crippen LogP contribution < -0.4 is 5.32 Å². The Hall–Kier alpha value is -1.30. The van der Waals surface area contributed by atoms with Gasteiger partial charge in [-0.1, -0.05) is 13.8 Å². The van der Waals surface area contributed by atoms with E-state index in [4.69, 9.17) is 4.74 Å². The fourth-order valence-corrected chi connectivity index (χ4v) is 2.08. The number of nitrogens with zero attached hydrogens (tertiary/aromatic N) is 2.